The van der Waals surface area contributed by atoms with E-state index in [2.05, 4.69) is 17.1 Å². The first-order valence-electron chi connectivity index (χ1n) is 9.50. The SMILES string of the molecule is CCCCCN(CC(=O)Nc1ccc(N2CCCCC2)cc1)S(C)(=O)=O. The second kappa shape index (κ2) is 9.92. The predicted octanol–water partition coefficient (Wildman–Crippen LogP) is 3.07. The lowest BCUT2D eigenvalue weighted by Gasteiger charge is -2.28. The number of amides is 1. The first-order chi connectivity index (χ1) is 12.4. The van der Waals surface area contributed by atoms with E-state index in [1.165, 1.54) is 29.3 Å². The number of sulfonamides is 1. The van der Waals surface area contributed by atoms with Gasteiger partial charge in [0.25, 0.3) is 0 Å². The molecule has 0 saturated carbocycles. The molecule has 1 heterocycles. The van der Waals surface area contributed by atoms with Crippen molar-refractivity contribution in [2.24, 2.45) is 0 Å². The molecule has 7 heteroatoms. The summed E-state index contributed by atoms with van der Waals surface area (Å²) in [5.74, 6) is -0.308. The van der Waals surface area contributed by atoms with Crippen molar-refractivity contribution in [2.45, 2.75) is 45.4 Å². The Balaban J connectivity index is 1.90. The first kappa shape index (κ1) is 20.7. The van der Waals surface area contributed by atoms with E-state index in [4.69, 9.17) is 0 Å². The van der Waals surface area contributed by atoms with Gasteiger partial charge in [0.2, 0.25) is 15.9 Å². The number of rotatable bonds is 9. The van der Waals surface area contributed by atoms with Crippen molar-refractivity contribution in [3.8, 4) is 0 Å². The molecule has 1 N–H and O–H groups in total. The highest BCUT2D eigenvalue weighted by Gasteiger charge is 2.19. The standard InChI is InChI=1S/C19H31N3O3S/c1-3-4-6-15-22(26(2,24)25)16-19(23)20-17-9-11-18(12-10-17)21-13-7-5-8-14-21/h9-12H,3-8,13-16H2,1-2H3,(H,20,23). The van der Waals surface area contributed by atoms with Gasteiger partial charge >= 0.3 is 0 Å². The zero-order valence-corrected chi connectivity index (χ0v) is 16.7. The molecule has 1 aromatic rings. The monoisotopic (exact) mass is 381 g/mol. The molecule has 0 bridgehead atoms. The highest BCUT2D eigenvalue weighted by Crippen LogP contribution is 2.21. The smallest absolute Gasteiger partial charge is 0.239 e. The summed E-state index contributed by atoms with van der Waals surface area (Å²) in [6.45, 7) is 4.45. The fourth-order valence-corrected chi connectivity index (χ4v) is 3.98. The first-order valence-corrected chi connectivity index (χ1v) is 11.3. The number of unbranched alkanes of at least 4 members (excludes halogenated alkanes) is 2. The summed E-state index contributed by atoms with van der Waals surface area (Å²) in [5.41, 5.74) is 1.86. The molecule has 1 saturated heterocycles. The van der Waals surface area contributed by atoms with Crippen molar-refractivity contribution in [2.75, 3.05) is 42.7 Å². The molecule has 1 amide bonds. The Hall–Kier alpha value is -1.60. The van der Waals surface area contributed by atoms with Gasteiger partial charge in [0, 0.05) is 31.0 Å². The zero-order chi connectivity index (χ0) is 19.0. The van der Waals surface area contributed by atoms with E-state index in [1.807, 2.05) is 24.3 Å². The molecule has 1 fully saturated rings. The number of carbonyl (C=O) groups excluding carboxylic acids is 1. The van der Waals surface area contributed by atoms with Crippen molar-refractivity contribution >= 4 is 27.3 Å². The molecule has 26 heavy (non-hydrogen) atoms. The minimum absolute atomic E-state index is 0.142. The average molecular weight is 382 g/mol. The van der Waals surface area contributed by atoms with Crippen molar-refractivity contribution in [3.05, 3.63) is 24.3 Å². The summed E-state index contributed by atoms with van der Waals surface area (Å²) < 4.78 is 25.0. The van der Waals surface area contributed by atoms with Crippen molar-refractivity contribution in [1.82, 2.24) is 4.31 Å². The normalized spacial score (nSPS) is 15.3. The van der Waals surface area contributed by atoms with Crippen LogP contribution in [0.15, 0.2) is 24.3 Å². The van der Waals surface area contributed by atoms with Crippen molar-refractivity contribution in [1.29, 1.82) is 0 Å². The predicted molar refractivity (Wildman–Crippen MR) is 107 cm³/mol. The average Bonchev–Trinajstić information content (AvgIpc) is 2.61. The van der Waals surface area contributed by atoms with Gasteiger partial charge in [-0.1, -0.05) is 19.8 Å². The van der Waals surface area contributed by atoms with Crippen LogP contribution in [0.4, 0.5) is 11.4 Å². The minimum Gasteiger partial charge on any atom is -0.372 e. The molecule has 0 aliphatic carbocycles. The number of piperidine rings is 1. The molecule has 0 aromatic heterocycles. The van der Waals surface area contributed by atoms with Crippen LogP contribution >= 0.6 is 0 Å². The minimum atomic E-state index is -3.39. The van der Waals surface area contributed by atoms with Crippen LogP contribution in [0.5, 0.6) is 0 Å². The Bertz CT molecular complexity index is 668. The maximum absolute atomic E-state index is 12.3. The highest BCUT2D eigenvalue weighted by atomic mass is 32.2. The molecule has 0 unspecified atom stereocenters. The van der Waals surface area contributed by atoms with Crippen LogP contribution in [0.3, 0.4) is 0 Å². The van der Waals surface area contributed by atoms with Gasteiger partial charge < -0.3 is 10.2 Å². The summed E-state index contributed by atoms with van der Waals surface area (Å²) in [4.78, 5) is 14.6. The Labute approximate surface area is 157 Å². The molecule has 1 aromatic carbocycles. The number of anilines is 2. The van der Waals surface area contributed by atoms with Crippen molar-refractivity contribution < 1.29 is 13.2 Å². The summed E-state index contributed by atoms with van der Waals surface area (Å²) in [6.07, 6.45) is 7.61. The van der Waals surface area contributed by atoms with Crippen LogP contribution in [-0.4, -0.2) is 51.1 Å². The highest BCUT2D eigenvalue weighted by molar-refractivity contribution is 7.88. The van der Waals surface area contributed by atoms with E-state index >= 15 is 0 Å². The van der Waals surface area contributed by atoms with Crippen LogP contribution < -0.4 is 10.2 Å². The molecule has 0 atom stereocenters. The van der Waals surface area contributed by atoms with E-state index in [0.717, 1.165) is 38.6 Å². The molecule has 2 rings (SSSR count). The lowest BCUT2D eigenvalue weighted by molar-refractivity contribution is -0.116. The van der Waals surface area contributed by atoms with Gasteiger partial charge in [-0.3, -0.25) is 4.79 Å². The third kappa shape index (κ3) is 6.61. The van der Waals surface area contributed by atoms with E-state index < -0.39 is 10.0 Å². The molecule has 0 radical (unpaired) electrons. The Morgan fingerprint density at radius 3 is 2.35 bits per heavy atom. The fourth-order valence-electron chi connectivity index (χ4n) is 3.17. The largest absolute Gasteiger partial charge is 0.372 e. The molecule has 0 spiro atoms. The van der Waals surface area contributed by atoms with Gasteiger partial charge in [-0.25, -0.2) is 8.42 Å². The van der Waals surface area contributed by atoms with Gasteiger partial charge in [-0.2, -0.15) is 4.31 Å². The maximum Gasteiger partial charge on any atom is 0.239 e. The molecule has 6 nitrogen and oxygen atoms in total. The molecular weight excluding hydrogens is 350 g/mol. The Morgan fingerprint density at radius 1 is 1.12 bits per heavy atom. The lowest BCUT2D eigenvalue weighted by atomic mass is 10.1. The van der Waals surface area contributed by atoms with Crippen molar-refractivity contribution in [3.63, 3.8) is 0 Å². The van der Waals surface area contributed by atoms with Gasteiger partial charge in [0.1, 0.15) is 0 Å². The third-order valence-electron chi connectivity index (χ3n) is 4.67. The van der Waals surface area contributed by atoms with Crippen LogP contribution in [0.2, 0.25) is 0 Å². The van der Waals surface area contributed by atoms with Crippen LogP contribution in [0, 0.1) is 0 Å². The van der Waals surface area contributed by atoms with E-state index in [-0.39, 0.29) is 12.5 Å². The number of hydrogen-bond donors (Lipinski definition) is 1. The molecule has 146 valence electrons. The molecular formula is C19H31N3O3S. The fraction of sp³-hybridized carbons (Fsp3) is 0.632. The van der Waals surface area contributed by atoms with Gasteiger partial charge in [0.05, 0.1) is 12.8 Å². The summed E-state index contributed by atoms with van der Waals surface area (Å²) in [6, 6.07) is 7.78. The summed E-state index contributed by atoms with van der Waals surface area (Å²) in [7, 11) is -3.39. The second-order valence-corrected chi connectivity index (χ2v) is 8.93. The van der Waals surface area contributed by atoms with E-state index in [0.29, 0.717) is 12.2 Å². The zero-order valence-electron chi connectivity index (χ0n) is 15.9. The number of hydrogen-bond acceptors (Lipinski definition) is 4. The Morgan fingerprint density at radius 2 is 1.77 bits per heavy atom. The quantitative estimate of drug-likeness (QED) is 0.668. The summed E-state index contributed by atoms with van der Waals surface area (Å²) >= 11 is 0. The number of nitrogens with one attached hydrogen (secondary N) is 1. The second-order valence-electron chi connectivity index (χ2n) is 6.95. The van der Waals surface area contributed by atoms with Gasteiger partial charge in [0.15, 0.2) is 0 Å². The van der Waals surface area contributed by atoms with E-state index in [9.17, 15) is 13.2 Å². The topological polar surface area (TPSA) is 69.7 Å². The van der Waals surface area contributed by atoms with Gasteiger partial charge in [-0.15, -0.1) is 0 Å². The van der Waals surface area contributed by atoms with Gasteiger partial charge in [-0.05, 0) is 49.9 Å². The molecule has 1 aliphatic heterocycles. The maximum atomic E-state index is 12.3. The van der Waals surface area contributed by atoms with E-state index in [1.54, 1.807) is 0 Å². The third-order valence-corrected chi connectivity index (χ3v) is 5.92. The number of nitrogens with zero attached hydrogens (tertiary/aromatic N) is 2. The lowest BCUT2D eigenvalue weighted by Crippen LogP contribution is -2.38. The Kier molecular flexibility index (Phi) is 7.90. The van der Waals surface area contributed by atoms with Crippen LogP contribution in [0.25, 0.3) is 0 Å². The van der Waals surface area contributed by atoms with Crippen LogP contribution in [0.1, 0.15) is 45.4 Å². The molecule has 1 aliphatic rings. The number of benzene rings is 1. The van der Waals surface area contributed by atoms with Crippen LogP contribution in [-0.2, 0) is 14.8 Å². The number of carbonyl (C=O) groups is 1. The summed E-state index contributed by atoms with van der Waals surface area (Å²) in [5, 5.41) is 2.80.